The fourth-order valence-electron chi connectivity index (χ4n) is 2.18. The number of aromatic nitrogens is 4. The highest BCUT2D eigenvalue weighted by Gasteiger charge is 2.35. The first kappa shape index (κ1) is 15.2. The van der Waals surface area contributed by atoms with Crippen molar-refractivity contribution in [1.29, 1.82) is 0 Å². The second kappa shape index (κ2) is 5.82. The van der Waals surface area contributed by atoms with E-state index in [1.54, 1.807) is 11.6 Å². The van der Waals surface area contributed by atoms with E-state index in [9.17, 15) is 8.42 Å². The van der Waals surface area contributed by atoms with Crippen molar-refractivity contribution in [2.45, 2.75) is 17.6 Å². The Labute approximate surface area is 132 Å². The number of hydrogen-bond donors (Lipinski definition) is 0. The van der Waals surface area contributed by atoms with E-state index in [1.807, 2.05) is 0 Å². The number of ether oxygens (including phenoxy) is 1. The van der Waals surface area contributed by atoms with Crippen molar-refractivity contribution < 1.29 is 13.2 Å². The summed E-state index contributed by atoms with van der Waals surface area (Å²) >= 11 is 5.70. The van der Waals surface area contributed by atoms with Gasteiger partial charge in [-0.05, 0) is 6.42 Å². The second-order valence-corrected chi connectivity index (χ2v) is 7.27. The zero-order chi connectivity index (χ0) is 15.7. The summed E-state index contributed by atoms with van der Waals surface area (Å²) in [5, 5.41) is 0.455. The summed E-state index contributed by atoms with van der Waals surface area (Å²) in [6.45, 7) is 0.613. The molecule has 0 N–H and O–H groups in total. The van der Waals surface area contributed by atoms with Crippen LogP contribution in [0.15, 0.2) is 29.9 Å². The molecule has 10 heteroatoms. The molecular formula is C12H14ClN5O3S. The van der Waals surface area contributed by atoms with Crippen LogP contribution in [0.1, 0.15) is 6.42 Å². The number of hydrogen-bond acceptors (Lipinski definition) is 6. The first-order chi connectivity index (χ1) is 10.4. The predicted molar refractivity (Wildman–Crippen MR) is 78.0 cm³/mol. The third kappa shape index (κ3) is 3.06. The number of sulfonamides is 1. The molecule has 0 spiro atoms. The van der Waals surface area contributed by atoms with Crippen LogP contribution in [0.4, 0.5) is 0 Å². The predicted octanol–water partition coefficient (Wildman–Crippen LogP) is 0.705. The number of nitrogens with zero attached hydrogens (tertiary/aromatic N) is 5. The van der Waals surface area contributed by atoms with Gasteiger partial charge in [0, 0.05) is 19.8 Å². The first-order valence-electron chi connectivity index (χ1n) is 6.57. The molecular weight excluding hydrogens is 330 g/mol. The quantitative estimate of drug-likeness (QED) is 0.812. The monoisotopic (exact) mass is 343 g/mol. The highest BCUT2D eigenvalue weighted by Crippen LogP contribution is 2.22. The summed E-state index contributed by atoms with van der Waals surface area (Å²) < 4.78 is 33.4. The van der Waals surface area contributed by atoms with Gasteiger partial charge in [-0.15, -0.1) is 0 Å². The molecule has 3 rings (SSSR count). The van der Waals surface area contributed by atoms with Crippen molar-refractivity contribution >= 4 is 21.6 Å². The van der Waals surface area contributed by atoms with E-state index in [0.29, 0.717) is 18.0 Å². The molecule has 8 nitrogen and oxygen atoms in total. The van der Waals surface area contributed by atoms with Gasteiger partial charge in [0.15, 0.2) is 5.03 Å². The summed E-state index contributed by atoms with van der Waals surface area (Å²) in [4.78, 5) is 11.8. The van der Waals surface area contributed by atoms with Crippen LogP contribution in [0, 0.1) is 0 Å². The van der Waals surface area contributed by atoms with Crippen LogP contribution in [0.3, 0.4) is 0 Å². The molecule has 118 valence electrons. The Hall–Kier alpha value is -1.71. The molecule has 3 heterocycles. The van der Waals surface area contributed by atoms with Gasteiger partial charge in [-0.25, -0.2) is 23.4 Å². The topological polar surface area (TPSA) is 90.2 Å². The van der Waals surface area contributed by atoms with E-state index in [2.05, 4.69) is 15.0 Å². The zero-order valence-corrected chi connectivity index (χ0v) is 13.3. The molecule has 0 aromatic carbocycles. The third-order valence-electron chi connectivity index (χ3n) is 3.26. The van der Waals surface area contributed by atoms with Gasteiger partial charge in [0.25, 0.3) is 10.0 Å². The van der Waals surface area contributed by atoms with Gasteiger partial charge in [0.2, 0.25) is 0 Å². The summed E-state index contributed by atoms with van der Waals surface area (Å²) in [5.41, 5.74) is 0. The van der Waals surface area contributed by atoms with Crippen molar-refractivity contribution in [3.8, 4) is 6.01 Å². The van der Waals surface area contributed by atoms with Crippen LogP contribution in [0.2, 0.25) is 5.02 Å². The number of halogens is 1. The van der Waals surface area contributed by atoms with Crippen molar-refractivity contribution in [2.24, 2.45) is 7.05 Å². The van der Waals surface area contributed by atoms with Gasteiger partial charge in [-0.3, -0.25) is 0 Å². The Balaban J connectivity index is 1.68. The first-order valence-corrected chi connectivity index (χ1v) is 8.39. The normalized spacial score (nSPS) is 19.5. The van der Waals surface area contributed by atoms with E-state index in [1.165, 1.54) is 29.2 Å². The van der Waals surface area contributed by atoms with Crippen LogP contribution in [-0.4, -0.2) is 51.4 Å². The second-order valence-electron chi connectivity index (χ2n) is 4.95. The van der Waals surface area contributed by atoms with Gasteiger partial charge in [-0.2, -0.15) is 4.31 Å². The van der Waals surface area contributed by atoms with Crippen LogP contribution in [-0.2, 0) is 17.1 Å². The maximum absolute atomic E-state index is 12.4. The molecule has 1 fully saturated rings. The molecule has 1 aliphatic heterocycles. The molecule has 0 aliphatic carbocycles. The van der Waals surface area contributed by atoms with E-state index in [4.69, 9.17) is 16.3 Å². The molecule has 0 bridgehead atoms. The number of rotatable bonds is 4. The van der Waals surface area contributed by atoms with E-state index in [-0.39, 0.29) is 23.7 Å². The van der Waals surface area contributed by atoms with Crippen LogP contribution in [0.5, 0.6) is 6.01 Å². The molecule has 0 saturated carbocycles. The highest BCUT2D eigenvalue weighted by atomic mass is 35.5. The Morgan fingerprint density at radius 3 is 2.68 bits per heavy atom. The Morgan fingerprint density at radius 2 is 2.05 bits per heavy atom. The van der Waals surface area contributed by atoms with Crippen LogP contribution >= 0.6 is 11.6 Å². The Morgan fingerprint density at radius 1 is 1.32 bits per heavy atom. The van der Waals surface area contributed by atoms with E-state index >= 15 is 0 Å². The van der Waals surface area contributed by atoms with Crippen LogP contribution < -0.4 is 4.74 Å². The largest absolute Gasteiger partial charge is 0.459 e. The molecule has 1 atom stereocenters. The van der Waals surface area contributed by atoms with Crippen molar-refractivity contribution in [2.75, 3.05) is 13.1 Å². The molecule has 0 amide bonds. The maximum Gasteiger partial charge on any atom is 0.316 e. The molecule has 0 radical (unpaired) electrons. The molecule has 0 unspecified atom stereocenters. The van der Waals surface area contributed by atoms with Gasteiger partial charge < -0.3 is 9.30 Å². The van der Waals surface area contributed by atoms with E-state index in [0.717, 1.165) is 0 Å². The maximum atomic E-state index is 12.4. The SMILES string of the molecule is Cn1cnc(S(=O)(=O)N2CC[C@H](Oc3ncc(Cl)cn3)C2)c1. The third-order valence-corrected chi connectivity index (χ3v) is 5.21. The van der Waals surface area contributed by atoms with Gasteiger partial charge in [-0.1, -0.05) is 11.6 Å². The fourth-order valence-corrected chi connectivity index (χ4v) is 3.73. The molecule has 2 aromatic rings. The summed E-state index contributed by atoms with van der Waals surface area (Å²) in [5.74, 6) is 0. The van der Waals surface area contributed by atoms with Crippen LogP contribution in [0.25, 0.3) is 0 Å². The lowest BCUT2D eigenvalue weighted by atomic mass is 10.3. The minimum absolute atomic E-state index is 0.0402. The van der Waals surface area contributed by atoms with Crippen molar-refractivity contribution in [3.63, 3.8) is 0 Å². The van der Waals surface area contributed by atoms with Gasteiger partial charge in [0.1, 0.15) is 6.10 Å². The average molecular weight is 344 g/mol. The standard InChI is InChI=1S/C12H14ClN5O3S/c1-17-7-11(16-8-17)22(19,20)18-3-2-10(6-18)21-12-14-4-9(13)5-15-12/h4-5,7-8,10H,2-3,6H2,1H3/t10-/m0/s1. The molecule has 1 saturated heterocycles. The fraction of sp³-hybridized carbons (Fsp3) is 0.417. The number of imidazole rings is 1. The molecule has 22 heavy (non-hydrogen) atoms. The molecule has 2 aromatic heterocycles. The lowest BCUT2D eigenvalue weighted by molar-refractivity contribution is 0.197. The van der Waals surface area contributed by atoms with Crippen molar-refractivity contribution in [1.82, 2.24) is 23.8 Å². The van der Waals surface area contributed by atoms with Crippen molar-refractivity contribution in [3.05, 3.63) is 29.9 Å². The summed E-state index contributed by atoms with van der Waals surface area (Å²) in [7, 11) is -1.87. The highest BCUT2D eigenvalue weighted by molar-refractivity contribution is 7.89. The zero-order valence-electron chi connectivity index (χ0n) is 11.8. The lowest BCUT2D eigenvalue weighted by Gasteiger charge is -2.15. The smallest absolute Gasteiger partial charge is 0.316 e. The number of aryl methyl sites for hydroxylation is 1. The molecule has 1 aliphatic rings. The van der Waals surface area contributed by atoms with Gasteiger partial charge in [0.05, 0.1) is 30.3 Å². The average Bonchev–Trinajstić information content (AvgIpc) is 3.11. The summed E-state index contributed by atoms with van der Waals surface area (Å²) in [6, 6.07) is 0.187. The Kier molecular flexibility index (Phi) is 4.02. The lowest BCUT2D eigenvalue weighted by Crippen LogP contribution is -2.31. The van der Waals surface area contributed by atoms with E-state index < -0.39 is 10.0 Å². The van der Waals surface area contributed by atoms with Gasteiger partial charge >= 0.3 is 6.01 Å². The Bertz CT molecular complexity index is 761. The summed E-state index contributed by atoms with van der Waals surface area (Å²) in [6.07, 6.45) is 6.07. The minimum atomic E-state index is -3.59. The minimum Gasteiger partial charge on any atom is -0.459 e.